The summed E-state index contributed by atoms with van der Waals surface area (Å²) in [4.78, 5) is 4.51. The van der Waals surface area contributed by atoms with Crippen LogP contribution in [0.2, 0.25) is 0 Å². The normalized spacial score (nSPS) is 13.4. The van der Waals surface area contributed by atoms with Crippen LogP contribution in [0.25, 0.3) is 10.9 Å². The molecule has 0 spiro atoms. The summed E-state index contributed by atoms with van der Waals surface area (Å²) in [7, 11) is -3.63. The number of nitrogens with two attached hydrogens (primary N) is 1. The predicted molar refractivity (Wildman–Crippen MR) is 86.1 cm³/mol. The summed E-state index contributed by atoms with van der Waals surface area (Å²) >= 11 is 0. The molecule has 3 rings (SSSR count). The van der Waals surface area contributed by atoms with E-state index in [0.29, 0.717) is 11.2 Å². The quantitative estimate of drug-likeness (QED) is 0.806. The second-order valence-corrected chi connectivity index (χ2v) is 7.16. The molecule has 114 valence electrons. The third kappa shape index (κ3) is 2.30. The molecule has 1 atom stereocenters. The molecule has 2 N–H and O–H groups in total. The smallest absolute Gasteiger partial charge is 0.268 e. The molecule has 22 heavy (non-hydrogen) atoms. The van der Waals surface area contributed by atoms with Crippen LogP contribution in [-0.4, -0.2) is 17.4 Å². The van der Waals surface area contributed by atoms with Gasteiger partial charge in [-0.3, -0.25) is 4.98 Å². The van der Waals surface area contributed by atoms with E-state index in [0.717, 1.165) is 10.9 Å². The van der Waals surface area contributed by atoms with Crippen molar-refractivity contribution < 1.29 is 8.42 Å². The van der Waals surface area contributed by atoms with Crippen LogP contribution in [0.4, 0.5) is 0 Å². The molecule has 0 aliphatic heterocycles. The van der Waals surface area contributed by atoms with E-state index in [2.05, 4.69) is 4.98 Å². The monoisotopic (exact) mass is 315 g/mol. The molecule has 0 saturated carbocycles. The first-order chi connectivity index (χ1) is 10.4. The molecule has 2 heterocycles. The lowest BCUT2D eigenvalue weighted by molar-refractivity contribution is 0.589. The fourth-order valence-corrected chi connectivity index (χ4v) is 3.81. The number of nitrogens with zero attached hydrogens (tertiary/aromatic N) is 2. The highest BCUT2D eigenvalue weighted by atomic mass is 32.2. The lowest BCUT2D eigenvalue weighted by Crippen LogP contribution is -2.12. The van der Waals surface area contributed by atoms with Gasteiger partial charge in [-0.05, 0) is 38.1 Å². The maximum atomic E-state index is 12.8. The molecular weight excluding hydrogens is 298 g/mol. The van der Waals surface area contributed by atoms with E-state index in [1.54, 1.807) is 48.8 Å². The molecule has 6 heteroatoms. The Hall–Kier alpha value is -2.18. The molecule has 0 amide bonds. The lowest BCUT2D eigenvalue weighted by atomic mass is 10.1. The summed E-state index contributed by atoms with van der Waals surface area (Å²) in [6.07, 6.45) is 3.13. The molecule has 5 nitrogen and oxygen atoms in total. The van der Waals surface area contributed by atoms with Crippen molar-refractivity contribution in [1.82, 2.24) is 8.96 Å². The van der Waals surface area contributed by atoms with Crippen LogP contribution >= 0.6 is 0 Å². The van der Waals surface area contributed by atoms with E-state index in [1.807, 2.05) is 13.8 Å². The number of rotatable bonds is 3. The molecule has 0 saturated heterocycles. The van der Waals surface area contributed by atoms with Gasteiger partial charge in [-0.1, -0.05) is 17.7 Å². The SMILES string of the molecule is Cc1ccc(S(=O)(=O)n2ccc3c(C(C)N)nccc32)cc1. The number of hydrogen-bond donors (Lipinski definition) is 1. The molecule has 2 aromatic heterocycles. The first-order valence-electron chi connectivity index (χ1n) is 6.95. The highest BCUT2D eigenvalue weighted by Crippen LogP contribution is 2.25. The third-order valence-electron chi connectivity index (χ3n) is 3.62. The van der Waals surface area contributed by atoms with Crippen molar-refractivity contribution in [2.45, 2.75) is 24.8 Å². The van der Waals surface area contributed by atoms with Crippen molar-refractivity contribution >= 4 is 20.9 Å². The Bertz CT molecular complexity index is 926. The van der Waals surface area contributed by atoms with Crippen LogP contribution in [0.3, 0.4) is 0 Å². The topological polar surface area (TPSA) is 78.0 Å². The summed E-state index contributed by atoms with van der Waals surface area (Å²) in [6, 6.07) is 9.97. The first-order valence-corrected chi connectivity index (χ1v) is 8.39. The van der Waals surface area contributed by atoms with Gasteiger partial charge >= 0.3 is 0 Å². The van der Waals surface area contributed by atoms with Gasteiger partial charge in [0.1, 0.15) is 0 Å². The van der Waals surface area contributed by atoms with Gasteiger partial charge < -0.3 is 5.73 Å². The molecule has 0 radical (unpaired) electrons. The van der Waals surface area contributed by atoms with Crippen molar-refractivity contribution in [2.75, 3.05) is 0 Å². The van der Waals surface area contributed by atoms with Gasteiger partial charge in [-0.25, -0.2) is 12.4 Å². The van der Waals surface area contributed by atoms with Crippen LogP contribution in [0.15, 0.2) is 53.7 Å². The summed E-state index contributed by atoms with van der Waals surface area (Å²) in [5, 5.41) is 0.758. The number of hydrogen-bond acceptors (Lipinski definition) is 4. The van der Waals surface area contributed by atoms with E-state index in [-0.39, 0.29) is 10.9 Å². The largest absolute Gasteiger partial charge is 0.323 e. The summed E-state index contributed by atoms with van der Waals surface area (Å²) in [5.74, 6) is 0. The summed E-state index contributed by atoms with van der Waals surface area (Å²) in [5.41, 5.74) is 8.19. The Balaban J connectivity index is 2.22. The van der Waals surface area contributed by atoms with Crippen LogP contribution in [0, 0.1) is 6.92 Å². The molecule has 0 aliphatic carbocycles. The van der Waals surface area contributed by atoms with Crippen molar-refractivity contribution in [3.8, 4) is 0 Å². The number of fused-ring (bicyclic) bond motifs is 1. The van der Waals surface area contributed by atoms with Gasteiger partial charge in [0.15, 0.2) is 0 Å². The highest BCUT2D eigenvalue weighted by Gasteiger charge is 2.20. The Morgan fingerprint density at radius 3 is 2.45 bits per heavy atom. The zero-order valence-electron chi connectivity index (χ0n) is 12.4. The van der Waals surface area contributed by atoms with E-state index in [9.17, 15) is 8.42 Å². The van der Waals surface area contributed by atoms with E-state index >= 15 is 0 Å². The van der Waals surface area contributed by atoms with Gasteiger partial charge in [-0.15, -0.1) is 0 Å². The fourth-order valence-electron chi connectivity index (χ4n) is 2.46. The standard InChI is InChI=1S/C16H17N3O2S/c1-11-3-5-13(6-4-11)22(20,21)19-10-8-14-15(19)7-9-18-16(14)12(2)17/h3-10,12H,17H2,1-2H3. The van der Waals surface area contributed by atoms with E-state index < -0.39 is 10.0 Å². The van der Waals surface area contributed by atoms with Gasteiger partial charge in [0.25, 0.3) is 10.0 Å². The maximum absolute atomic E-state index is 12.8. The lowest BCUT2D eigenvalue weighted by Gasteiger charge is -2.10. The van der Waals surface area contributed by atoms with Crippen molar-refractivity contribution in [3.63, 3.8) is 0 Å². The second kappa shape index (κ2) is 5.23. The van der Waals surface area contributed by atoms with Crippen LogP contribution < -0.4 is 5.73 Å². The zero-order chi connectivity index (χ0) is 15.9. The molecule has 3 aromatic rings. The number of aryl methyl sites for hydroxylation is 1. The molecule has 0 aliphatic rings. The van der Waals surface area contributed by atoms with Crippen LogP contribution in [-0.2, 0) is 10.0 Å². The van der Waals surface area contributed by atoms with Gasteiger partial charge in [-0.2, -0.15) is 0 Å². The van der Waals surface area contributed by atoms with Crippen LogP contribution in [0.1, 0.15) is 24.2 Å². The molecular formula is C16H17N3O2S. The Morgan fingerprint density at radius 1 is 1.14 bits per heavy atom. The molecule has 0 fully saturated rings. The van der Waals surface area contributed by atoms with Crippen LogP contribution in [0.5, 0.6) is 0 Å². The minimum absolute atomic E-state index is 0.259. The van der Waals surface area contributed by atoms with E-state index in [4.69, 9.17) is 5.73 Å². The Labute approximate surface area is 129 Å². The predicted octanol–water partition coefficient (Wildman–Crippen LogP) is 2.60. The van der Waals surface area contributed by atoms with Crippen molar-refractivity contribution in [1.29, 1.82) is 0 Å². The molecule has 1 aromatic carbocycles. The first kappa shape index (κ1) is 14.7. The van der Waals surface area contributed by atoms with Crippen molar-refractivity contribution in [2.24, 2.45) is 5.73 Å². The second-order valence-electron chi connectivity index (χ2n) is 5.35. The van der Waals surface area contributed by atoms with E-state index in [1.165, 1.54) is 3.97 Å². The Kier molecular flexibility index (Phi) is 3.50. The summed E-state index contributed by atoms with van der Waals surface area (Å²) in [6.45, 7) is 3.75. The average Bonchev–Trinajstić information content (AvgIpc) is 2.92. The van der Waals surface area contributed by atoms with Crippen molar-refractivity contribution in [3.05, 3.63) is 60.0 Å². The molecule has 1 unspecified atom stereocenters. The minimum Gasteiger partial charge on any atom is -0.323 e. The zero-order valence-corrected chi connectivity index (χ0v) is 13.2. The highest BCUT2D eigenvalue weighted by molar-refractivity contribution is 7.90. The van der Waals surface area contributed by atoms with Gasteiger partial charge in [0.05, 0.1) is 16.1 Å². The number of benzene rings is 1. The maximum Gasteiger partial charge on any atom is 0.268 e. The number of pyridine rings is 1. The Morgan fingerprint density at radius 2 is 1.82 bits per heavy atom. The average molecular weight is 315 g/mol. The number of aromatic nitrogens is 2. The van der Waals surface area contributed by atoms with Gasteiger partial charge in [0, 0.05) is 23.8 Å². The summed E-state index contributed by atoms with van der Waals surface area (Å²) < 4.78 is 26.9. The third-order valence-corrected chi connectivity index (χ3v) is 5.33. The minimum atomic E-state index is -3.63. The molecule has 0 bridgehead atoms. The van der Waals surface area contributed by atoms with Gasteiger partial charge in [0.2, 0.25) is 0 Å². The fraction of sp³-hybridized carbons (Fsp3) is 0.188.